The Morgan fingerprint density at radius 1 is 1.18 bits per heavy atom. The first kappa shape index (κ1) is 25.4. The van der Waals surface area contributed by atoms with Crippen LogP contribution in [-0.2, 0) is 26.0 Å². The lowest BCUT2D eigenvalue weighted by Gasteiger charge is -2.21. The van der Waals surface area contributed by atoms with E-state index in [4.69, 9.17) is 11.6 Å². The minimum Gasteiger partial charge on any atom is -0.469 e. The topological polar surface area (TPSA) is 75.7 Å². The molecule has 1 aliphatic rings. The van der Waals surface area contributed by atoms with Gasteiger partial charge in [-0.05, 0) is 55.5 Å². The van der Waals surface area contributed by atoms with E-state index in [1.165, 1.54) is 24.8 Å². The maximum atomic E-state index is 12.8. The van der Waals surface area contributed by atoms with Crippen LogP contribution in [0.4, 0.5) is 0 Å². The highest BCUT2D eigenvalue weighted by atomic mass is 35.5. The van der Waals surface area contributed by atoms with Gasteiger partial charge in [0.05, 0.1) is 12.0 Å². The summed E-state index contributed by atoms with van der Waals surface area (Å²) < 4.78 is 33.2. The number of methoxy groups -OCH3 is 1. The average Bonchev–Trinajstić information content (AvgIpc) is 3.18. The number of ether oxygens (including phenoxy) is 1. The van der Waals surface area contributed by atoms with E-state index in [0.717, 1.165) is 25.8 Å². The highest BCUT2D eigenvalue weighted by Gasteiger charge is 2.33. The summed E-state index contributed by atoms with van der Waals surface area (Å²) in [7, 11) is -2.23. The van der Waals surface area contributed by atoms with Crippen LogP contribution in [0.1, 0.15) is 31.2 Å². The maximum absolute atomic E-state index is 12.8. The van der Waals surface area contributed by atoms with Crippen LogP contribution < -0.4 is 4.72 Å². The van der Waals surface area contributed by atoms with Crippen LogP contribution in [0, 0.1) is 0 Å². The maximum Gasteiger partial charge on any atom is 0.305 e. The molecule has 33 heavy (non-hydrogen) atoms. The van der Waals surface area contributed by atoms with Crippen molar-refractivity contribution >= 4 is 27.6 Å². The number of hydrogen-bond donors (Lipinski definition) is 1. The monoisotopic (exact) mass is 490 g/mol. The molecule has 0 radical (unpaired) electrons. The molecular formula is C25H31ClN2O4S. The summed E-state index contributed by atoms with van der Waals surface area (Å²) in [5.74, 6) is -0.203. The van der Waals surface area contributed by atoms with Gasteiger partial charge in [0.25, 0.3) is 0 Å². The van der Waals surface area contributed by atoms with E-state index >= 15 is 0 Å². The standard InChI is InChI=1S/C25H31ClN2O4S/c1-32-25(29)11-7-3-6-10-23-18-22(19-28(23)17-16-20-8-4-2-5-9-20)27-33(30,31)24-14-12-21(26)13-15-24/h2,4-6,8-10,12-15,22-23,27H,3,7,11,16-19H2,1H3/b10-6-/t22-,23-/m1/s1. The molecule has 2 atom stereocenters. The molecule has 1 aliphatic heterocycles. The Labute approximate surface area is 201 Å². The molecular weight excluding hydrogens is 460 g/mol. The van der Waals surface area contributed by atoms with Gasteiger partial charge in [0.1, 0.15) is 0 Å². The van der Waals surface area contributed by atoms with Crippen LogP contribution >= 0.6 is 11.6 Å². The van der Waals surface area contributed by atoms with Crippen LogP contribution in [0.3, 0.4) is 0 Å². The van der Waals surface area contributed by atoms with Gasteiger partial charge in [0, 0.05) is 36.6 Å². The largest absolute Gasteiger partial charge is 0.469 e. The number of carbonyl (C=O) groups excluding carboxylic acids is 1. The van der Waals surface area contributed by atoms with Crippen molar-refractivity contribution in [2.75, 3.05) is 20.2 Å². The second-order valence-corrected chi connectivity index (χ2v) is 10.4. The van der Waals surface area contributed by atoms with Crippen molar-refractivity contribution in [2.45, 2.75) is 49.1 Å². The zero-order valence-electron chi connectivity index (χ0n) is 18.8. The van der Waals surface area contributed by atoms with Gasteiger partial charge >= 0.3 is 5.97 Å². The summed E-state index contributed by atoms with van der Waals surface area (Å²) in [6.45, 7) is 1.47. The van der Waals surface area contributed by atoms with Crippen LogP contribution in [0.25, 0.3) is 0 Å². The lowest BCUT2D eigenvalue weighted by atomic mass is 10.1. The molecule has 0 bridgehead atoms. The number of carbonyl (C=O) groups is 1. The third kappa shape index (κ3) is 7.96. The van der Waals surface area contributed by atoms with Crippen molar-refractivity contribution in [1.29, 1.82) is 0 Å². The first-order chi connectivity index (χ1) is 15.9. The number of allylic oxidation sites excluding steroid dienone is 1. The summed E-state index contributed by atoms with van der Waals surface area (Å²) in [4.78, 5) is 13.8. The Bertz CT molecular complexity index is 1030. The molecule has 1 heterocycles. The SMILES string of the molecule is COC(=O)CCC/C=C\[C@@H]1C[C@@H](NS(=O)(=O)c2ccc(Cl)cc2)CN1CCc1ccccc1. The van der Waals surface area contributed by atoms with Crippen molar-refractivity contribution in [3.63, 3.8) is 0 Å². The van der Waals surface area contributed by atoms with Crippen LogP contribution in [-0.4, -0.2) is 51.6 Å². The summed E-state index contributed by atoms with van der Waals surface area (Å²) in [6, 6.07) is 16.4. The van der Waals surface area contributed by atoms with E-state index in [1.54, 1.807) is 12.1 Å². The van der Waals surface area contributed by atoms with E-state index in [1.807, 2.05) is 18.2 Å². The van der Waals surface area contributed by atoms with Crippen LogP contribution in [0.2, 0.25) is 5.02 Å². The highest BCUT2D eigenvalue weighted by molar-refractivity contribution is 7.89. The predicted molar refractivity (Wildman–Crippen MR) is 131 cm³/mol. The van der Waals surface area contributed by atoms with Gasteiger partial charge in [-0.2, -0.15) is 0 Å². The van der Waals surface area contributed by atoms with Crippen molar-refractivity contribution < 1.29 is 17.9 Å². The van der Waals surface area contributed by atoms with E-state index in [0.29, 0.717) is 24.4 Å². The second kappa shape index (κ2) is 12.3. The molecule has 0 amide bonds. The number of hydrogen-bond acceptors (Lipinski definition) is 5. The first-order valence-electron chi connectivity index (χ1n) is 11.2. The molecule has 3 rings (SSSR count). The Balaban J connectivity index is 1.63. The van der Waals surface area contributed by atoms with Crippen molar-refractivity contribution in [3.05, 3.63) is 77.3 Å². The van der Waals surface area contributed by atoms with Crippen molar-refractivity contribution in [1.82, 2.24) is 9.62 Å². The third-order valence-electron chi connectivity index (χ3n) is 5.76. The fraction of sp³-hybridized carbons (Fsp3) is 0.400. The quantitative estimate of drug-likeness (QED) is 0.290. The Morgan fingerprint density at radius 3 is 2.61 bits per heavy atom. The van der Waals surface area contributed by atoms with Crippen LogP contribution in [0.15, 0.2) is 71.6 Å². The molecule has 1 fully saturated rings. The van der Waals surface area contributed by atoms with Gasteiger partial charge in [0.2, 0.25) is 10.0 Å². The fourth-order valence-corrected chi connectivity index (χ4v) is 5.38. The number of rotatable bonds is 11. The number of unbranched alkanes of at least 4 members (excludes halogenated alkanes) is 1. The molecule has 1 saturated heterocycles. The van der Waals surface area contributed by atoms with E-state index < -0.39 is 10.0 Å². The lowest BCUT2D eigenvalue weighted by molar-refractivity contribution is -0.140. The minimum atomic E-state index is -3.63. The Kier molecular flexibility index (Phi) is 9.50. The molecule has 0 saturated carbocycles. The lowest BCUT2D eigenvalue weighted by Crippen LogP contribution is -2.37. The van der Waals surface area contributed by atoms with Crippen molar-refractivity contribution in [2.24, 2.45) is 0 Å². The minimum absolute atomic E-state index is 0.129. The third-order valence-corrected chi connectivity index (χ3v) is 7.55. The molecule has 8 heteroatoms. The fourth-order valence-electron chi connectivity index (χ4n) is 4.01. The van der Waals surface area contributed by atoms with E-state index in [2.05, 4.69) is 38.6 Å². The summed E-state index contributed by atoms with van der Waals surface area (Å²) in [5.41, 5.74) is 1.25. The normalized spacial score (nSPS) is 19.2. The van der Waals surface area contributed by atoms with Gasteiger partial charge in [-0.1, -0.05) is 54.1 Å². The zero-order valence-corrected chi connectivity index (χ0v) is 20.4. The molecule has 0 aliphatic carbocycles. The summed E-state index contributed by atoms with van der Waals surface area (Å²) in [5, 5.41) is 0.499. The molecule has 1 N–H and O–H groups in total. The van der Waals surface area contributed by atoms with Gasteiger partial charge < -0.3 is 4.74 Å². The van der Waals surface area contributed by atoms with Gasteiger partial charge in [-0.3, -0.25) is 9.69 Å². The number of likely N-dealkylation sites (tertiary alicyclic amines) is 1. The number of nitrogens with zero attached hydrogens (tertiary/aromatic N) is 1. The number of benzene rings is 2. The molecule has 0 unspecified atom stereocenters. The van der Waals surface area contributed by atoms with Gasteiger partial charge in [-0.15, -0.1) is 0 Å². The number of halogens is 1. The Hall–Kier alpha value is -2.19. The first-order valence-corrected chi connectivity index (χ1v) is 13.0. The number of esters is 1. The van der Waals surface area contributed by atoms with Crippen LogP contribution in [0.5, 0.6) is 0 Å². The molecule has 0 spiro atoms. The molecule has 0 aromatic heterocycles. The number of sulfonamides is 1. The zero-order chi connectivity index (χ0) is 23.7. The molecule has 178 valence electrons. The van der Waals surface area contributed by atoms with E-state index in [9.17, 15) is 13.2 Å². The predicted octanol–water partition coefficient (Wildman–Crippen LogP) is 4.20. The smallest absolute Gasteiger partial charge is 0.305 e. The molecule has 2 aromatic carbocycles. The van der Waals surface area contributed by atoms with E-state index in [-0.39, 0.29) is 22.9 Å². The highest BCUT2D eigenvalue weighted by Crippen LogP contribution is 2.23. The van der Waals surface area contributed by atoms with Gasteiger partial charge in [0.15, 0.2) is 0 Å². The second-order valence-electron chi connectivity index (χ2n) is 8.20. The molecule has 6 nitrogen and oxygen atoms in total. The average molecular weight is 491 g/mol. The summed E-state index contributed by atoms with van der Waals surface area (Å²) >= 11 is 5.90. The van der Waals surface area contributed by atoms with Crippen molar-refractivity contribution in [3.8, 4) is 0 Å². The number of nitrogens with one attached hydrogen (secondary N) is 1. The Morgan fingerprint density at radius 2 is 1.91 bits per heavy atom. The summed E-state index contributed by atoms with van der Waals surface area (Å²) in [6.07, 6.45) is 7.70. The van der Waals surface area contributed by atoms with Gasteiger partial charge in [-0.25, -0.2) is 13.1 Å². The molecule has 2 aromatic rings.